The third kappa shape index (κ3) is 4.11. The summed E-state index contributed by atoms with van der Waals surface area (Å²) in [6.07, 6.45) is 5.22. The van der Waals surface area contributed by atoms with Gasteiger partial charge in [0.1, 0.15) is 11.6 Å². The van der Waals surface area contributed by atoms with Crippen LogP contribution in [0.4, 0.5) is 10.1 Å². The summed E-state index contributed by atoms with van der Waals surface area (Å²) in [5.74, 6) is 0.492. The first kappa shape index (κ1) is 21.7. The molecule has 2 aliphatic heterocycles. The first-order chi connectivity index (χ1) is 15.3. The van der Waals surface area contributed by atoms with Crippen LogP contribution in [0.2, 0.25) is 0 Å². The third-order valence-corrected chi connectivity index (χ3v) is 8.69. The van der Waals surface area contributed by atoms with E-state index in [4.69, 9.17) is 4.74 Å². The van der Waals surface area contributed by atoms with Crippen LogP contribution in [-0.2, 0) is 16.8 Å². The van der Waals surface area contributed by atoms with Gasteiger partial charge in [0.2, 0.25) is 0 Å². The monoisotopic (exact) mass is 459 g/mol. The van der Waals surface area contributed by atoms with Gasteiger partial charge in [0, 0.05) is 25.7 Å². The van der Waals surface area contributed by atoms with Gasteiger partial charge in [-0.15, -0.1) is 0 Å². The number of hydrogen-bond acceptors (Lipinski definition) is 4. The van der Waals surface area contributed by atoms with Gasteiger partial charge in [-0.25, -0.2) is 4.39 Å². The van der Waals surface area contributed by atoms with Crippen LogP contribution >= 0.6 is 0 Å². The fourth-order valence-corrected chi connectivity index (χ4v) is 6.91. The van der Waals surface area contributed by atoms with Gasteiger partial charge in [-0.2, -0.15) is 13.1 Å². The van der Waals surface area contributed by atoms with E-state index in [0.29, 0.717) is 31.2 Å². The summed E-state index contributed by atoms with van der Waals surface area (Å²) < 4.78 is 49.7. The first-order valence-corrected chi connectivity index (χ1v) is 12.8. The zero-order valence-corrected chi connectivity index (χ0v) is 19.2. The largest absolute Gasteiger partial charge is 0.490 e. The Kier molecular flexibility index (Phi) is 5.63. The number of nitrogens with zero attached hydrogens (tertiary/aromatic N) is 2. The smallest absolute Gasteiger partial charge is 0.302 e. The normalized spacial score (nSPS) is 28.1. The lowest BCUT2D eigenvalue weighted by Gasteiger charge is -2.47. The Bertz CT molecular complexity index is 1090. The van der Waals surface area contributed by atoms with Crippen molar-refractivity contribution >= 4 is 15.9 Å². The Labute approximate surface area is 189 Å². The van der Waals surface area contributed by atoms with E-state index < -0.39 is 21.6 Å². The van der Waals surface area contributed by atoms with Crippen molar-refractivity contribution in [1.29, 1.82) is 0 Å². The summed E-state index contributed by atoms with van der Waals surface area (Å²) in [5, 5.41) is 0. The molecule has 3 aliphatic rings. The number of ether oxygens (including phenoxy) is 1. The molecule has 1 saturated carbocycles. The number of likely N-dealkylation sites (tertiary alicyclic amines) is 1. The topological polar surface area (TPSA) is 61.9 Å². The summed E-state index contributed by atoms with van der Waals surface area (Å²) in [6, 6.07) is 14.3. The highest BCUT2D eigenvalue weighted by molar-refractivity contribution is 7.91. The Hall–Kier alpha value is -2.16. The maximum Gasteiger partial charge on any atom is 0.302 e. The van der Waals surface area contributed by atoms with Crippen molar-refractivity contribution in [2.24, 2.45) is 0 Å². The Morgan fingerprint density at radius 3 is 2.72 bits per heavy atom. The molecule has 2 heterocycles. The zero-order chi connectivity index (χ0) is 22.3. The molecule has 2 saturated heterocycles. The summed E-state index contributed by atoms with van der Waals surface area (Å²) in [4.78, 5) is 2.39. The molecular weight excluding hydrogens is 429 g/mol. The van der Waals surface area contributed by atoms with Crippen LogP contribution in [0.3, 0.4) is 0 Å². The first-order valence-electron chi connectivity index (χ1n) is 11.4. The van der Waals surface area contributed by atoms with E-state index in [1.807, 2.05) is 12.1 Å². The lowest BCUT2D eigenvalue weighted by molar-refractivity contribution is 0.105. The second-order valence-corrected chi connectivity index (χ2v) is 11.0. The Morgan fingerprint density at radius 1 is 1.19 bits per heavy atom. The highest BCUT2D eigenvalue weighted by Gasteiger charge is 2.52. The minimum atomic E-state index is -3.70. The number of benzene rings is 2. The predicted molar refractivity (Wildman–Crippen MR) is 122 cm³/mol. The van der Waals surface area contributed by atoms with Gasteiger partial charge in [0.25, 0.3) is 0 Å². The molecule has 1 N–H and O–H groups in total. The summed E-state index contributed by atoms with van der Waals surface area (Å²) in [7, 11) is -3.70. The molecule has 0 bridgehead atoms. The molecule has 1 aliphatic carbocycles. The molecule has 0 radical (unpaired) electrons. The van der Waals surface area contributed by atoms with E-state index in [9.17, 15) is 12.8 Å². The van der Waals surface area contributed by atoms with Crippen molar-refractivity contribution in [3.8, 4) is 5.75 Å². The van der Waals surface area contributed by atoms with E-state index in [2.05, 4.69) is 28.7 Å². The predicted octanol–water partition coefficient (Wildman–Crippen LogP) is 3.83. The molecule has 3 fully saturated rings. The van der Waals surface area contributed by atoms with E-state index in [1.165, 1.54) is 28.4 Å². The molecule has 8 heteroatoms. The third-order valence-electron chi connectivity index (χ3n) is 7.10. The van der Waals surface area contributed by atoms with E-state index >= 15 is 0 Å². The quantitative estimate of drug-likeness (QED) is 0.738. The Morgan fingerprint density at radius 2 is 2.00 bits per heavy atom. The van der Waals surface area contributed by atoms with Crippen molar-refractivity contribution in [1.82, 2.24) is 9.62 Å². The van der Waals surface area contributed by atoms with Gasteiger partial charge < -0.3 is 4.74 Å². The van der Waals surface area contributed by atoms with Crippen LogP contribution in [0, 0.1) is 5.82 Å². The van der Waals surface area contributed by atoms with Crippen LogP contribution in [0.1, 0.15) is 44.6 Å². The van der Waals surface area contributed by atoms with Crippen molar-refractivity contribution in [3.63, 3.8) is 0 Å². The number of halogens is 1. The van der Waals surface area contributed by atoms with Gasteiger partial charge in [0.15, 0.2) is 0 Å². The van der Waals surface area contributed by atoms with Crippen LogP contribution in [0.5, 0.6) is 5.75 Å². The SMILES string of the molecule is C[C@H]1C[C@]2(CCN1Cc1cccc(OC3CCC3)c1)CNS(=O)(=O)N2c1cccc(F)c1. The fraction of sp³-hybridized carbons (Fsp3) is 0.500. The average molecular weight is 460 g/mol. The molecule has 6 nitrogen and oxygen atoms in total. The van der Waals surface area contributed by atoms with Gasteiger partial charge in [-0.05, 0) is 74.9 Å². The van der Waals surface area contributed by atoms with Crippen molar-refractivity contribution < 1.29 is 17.5 Å². The number of hydrogen-bond donors (Lipinski definition) is 1. The fourth-order valence-electron chi connectivity index (χ4n) is 5.20. The van der Waals surface area contributed by atoms with Crippen molar-refractivity contribution in [2.45, 2.75) is 63.3 Å². The second-order valence-electron chi connectivity index (χ2n) is 9.39. The number of rotatable bonds is 5. The molecule has 172 valence electrons. The molecule has 0 amide bonds. The Balaban J connectivity index is 1.32. The zero-order valence-electron chi connectivity index (χ0n) is 18.3. The standard InChI is InChI=1S/C24H30FN3O3S/c1-18-15-24(17-26-32(29,30)28(24)21-7-3-6-20(25)14-21)11-12-27(18)16-19-5-2-10-23(13-19)31-22-8-4-9-22/h2-3,5-7,10,13-14,18,22,26H,4,8-9,11-12,15-17H2,1H3/t18-,24+/m0/s1. The van der Waals surface area contributed by atoms with Crippen LogP contribution in [0.25, 0.3) is 0 Å². The maximum absolute atomic E-state index is 13.9. The maximum atomic E-state index is 13.9. The molecule has 2 aromatic rings. The van der Waals surface area contributed by atoms with Gasteiger partial charge >= 0.3 is 10.2 Å². The summed E-state index contributed by atoms with van der Waals surface area (Å²) >= 11 is 0. The highest BCUT2D eigenvalue weighted by Crippen LogP contribution is 2.41. The minimum Gasteiger partial charge on any atom is -0.490 e. The number of nitrogens with one attached hydrogen (secondary N) is 1. The van der Waals surface area contributed by atoms with E-state index in [-0.39, 0.29) is 6.04 Å². The highest BCUT2D eigenvalue weighted by atomic mass is 32.2. The molecule has 2 atom stereocenters. The van der Waals surface area contributed by atoms with Crippen LogP contribution in [-0.4, -0.2) is 44.1 Å². The lowest BCUT2D eigenvalue weighted by Crippen LogP contribution is -2.57. The van der Waals surface area contributed by atoms with Crippen LogP contribution in [0.15, 0.2) is 48.5 Å². The molecule has 0 unspecified atom stereocenters. The van der Waals surface area contributed by atoms with Gasteiger partial charge in [-0.3, -0.25) is 9.21 Å². The minimum absolute atomic E-state index is 0.172. The van der Waals surface area contributed by atoms with E-state index in [0.717, 1.165) is 31.7 Å². The lowest BCUT2D eigenvalue weighted by atomic mass is 9.83. The molecule has 1 spiro atoms. The molecule has 5 rings (SSSR count). The molecule has 32 heavy (non-hydrogen) atoms. The second kappa shape index (κ2) is 8.32. The van der Waals surface area contributed by atoms with Crippen molar-refractivity contribution in [2.75, 3.05) is 17.4 Å². The van der Waals surface area contributed by atoms with Crippen LogP contribution < -0.4 is 13.8 Å². The number of piperidine rings is 1. The number of anilines is 1. The summed E-state index contributed by atoms with van der Waals surface area (Å²) in [5.41, 5.74) is 0.998. The van der Waals surface area contributed by atoms with Crippen molar-refractivity contribution in [3.05, 3.63) is 59.9 Å². The molecular formula is C24H30FN3O3S. The average Bonchev–Trinajstić information content (AvgIpc) is 2.97. The van der Waals surface area contributed by atoms with E-state index in [1.54, 1.807) is 12.1 Å². The van der Waals surface area contributed by atoms with Gasteiger partial charge in [-0.1, -0.05) is 18.2 Å². The van der Waals surface area contributed by atoms with Gasteiger partial charge in [0.05, 0.1) is 17.3 Å². The molecule has 2 aromatic carbocycles. The summed E-state index contributed by atoms with van der Waals surface area (Å²) in [6.45, 7) is 4.04. The molecule has 0 aromatic heterocycles.